The van der Waals surface area contributed by atoms with E-state index in [9.17, 15) is 14.9 Å². The molecule has 0 radical (unpaired) electrons. The first-order chi connectivity index (χ1) is 8.58. The van der Waals surface area contributed by atoms with Crippen LogP contribution in [-0.2, 0) is 4.79 Å². The number of benzene rings is 1. The Morgan fingerprint density at radius 1 is 1.39 bits per heavy atom. The number of rotatable bonds is 4. The molecule has 1 aromatic carbocycles. The van der Waals surface area contributed by atoms with E-state index in [1.807, 2.05) is 31.2 Å². The normalized spacial score (nSPS) is 20.9. The summed E-state index contributed by atoms with van der Waals surface area (Å²) in [5.74, 6) is -0.254. The lowest BCUT2D eigenvalue weighted by Crippen LogP contribution is -2.24. The first-order valence-corrected chi connectivity index (χ1v) is 6.29. The van der Waals surface area contributed by atoms with Gasteiger partial charge in [-0.25, -0.2) is 0 Å². The molecule has 0 heterocycles. The van der Waals surface area contributed by atoms with Crippen LogP contribution in [0.1, 0.15) is 36.3 Å². The maximum atomic E-state index is 11.8. The van der Waals surface area contributed by atoms with Crippen LogP contribution in [0.2, 0.25) is 0 Å². The second kappa shape index (κ2) is 5.29. The van der Waals surface area contributed by atoms with Gasteiger partial charge >= 0.3 is 0 Å². The molecule has 2 atom stereocenters. The second-order valence-electron chi connectivity index (χ2n) is 5.00. The zero-order valence-electron chi connectivity index (χ0n) is 10.5. The molecule has 4 nitrogen and oxygen atoms in total. The second-order valence-corrected chi connectivity index (χ2v) is 5.00. The number of Topliss-reactive ketones (excluding diaryl/α,β-unsaturated/α-hetero) is 1. The lowest BCUT2D eigenvalue weighted by atomic mass is 9.84. The standard InChI is InChI=1S/C14H17NO3/c1-10-5-7-11(8-6-10)13(9-15(17)18)12-3-2-4-14(12)16/h5-8,12-13H,2-4,9H2,1H3. The Morgan fingerprint density at radius 2 is 2.06 bits per heavy atom. The van der Waals surface area contributed by atoms with Crippen molar-refractivity contribution in [2.75, 3.05) is 6.54 Å². The lowest BCUT2D eigenvalue weighted by molar-refractivity contribution is -0.484. The average molecular weight is 247 g/mol. The van der Waals surface area contributed by atoms with E-state index >= 15 is 0 Å². The number of ketones is 1. The highest BCUT2D eigenvalue weighted by atomic mass is 16.6. The van der Waals surface area contributed by atoms with Gasteiger partial charge in [-0.05, 0) is 25.3 Å². The van der Waals surface area contributed by atoms with Gasteiger partial charge in [0.15, 0.2) is 0 Å². The van der Waals surface area contributed by atoms with Crippen molar-refractivity contribution in [3.05, 3.63) is 45.5 Å². The van der Waals surface area contributed by atoms with E-state index in [1.54, 1.807) is 0 Å². The first-order valence-electron chi connectivity index (χ1n) is 6.29. The molecule has 1 aliphatic carbocycles. The molecule has 1 saturated carbocycles. The van der Waals surface area contributed by atoms with E-state index in [1.165, 1.54) is 0 Å². The van der Waals surface area contributed by atoms with Gasteiger partial charge < -0.3 is 0 Å². The minimum Gasteiger partial charge on any atom is -0.299 e. The van der Waals surface area contributed by atoms with Crippen molar-refractivity contribution in [1.82, 2.24) is 0 Å². The van der Waals surface area contributed by atoms with Crippen LogP contribution in [0.4, 0.5) is 0 Å². The Bertz CT molecular complexity index is 453. The molecule has 96 valence electrons. The van der Waals surface area contributed by atoms with Crippen LogP contribution in [0.25, 0.3) is 0 Å². The molecule has 0 bridgehead atoms. The smallest absolute Gasteiger partial charge is 0.211 e. The third-order valence-corrected chi connectivity index (χ3v) is 3.69. The highest BCUT2D eigenvalue weighted by Crippen LogP contribution is 2.35. The Hall–Kier alpha value is -1.71. The van der Waals surface area contributed by atoms with Gasteiger partial charge in [-0.2, -0.15) is 0 Å². The molecule has 0 N–H and O–H groups in total. The third-order valence-electron chi connectivity index (χ3n) is 3.69. The van der Waals surface area contributed by atoms with Crippen molar-refractivity contribution < 1.29 is 9.72 Å². The summed E-state index contributed by atoms with van der Waals surface area (Å²) in [6, 6.07) is 7.72. The molecule has 2 unspecified atom stereocenters. The van der Waals surface area contributed by atoms with E-state index < -0.39 is 0 Å². The van der Waals surface area contributed by atoms with Gasteiger partial charge in [0.05, 0.1) is 5.92 Å². The monoisotopic (exact) mass is 247 g/mol. The van der Waals surface area contributed by atoms with Crippen molar-refractivity contribution in [2.45, 2.75) is 32.1 Å². The van der Waals surface area contributed by atoms with Crippen molar-refractivity contribution in [3.63, 3.8) is 0 Å². The van der Waals surface area contributed by atoms with Crippen LogP contribution < -0.4 is 0 Å². The minimum atomic E-state index is -0.309. The van der Waals surface area contributed by atoms with Crippen LogP contribution in [-0.4, -0.2) is 17.3 Å². The summed E-state index contributed by atoms with van der Waals surface area (Å²) in [6.07, 6.45) is 2.22. The van der Waals surface area contributed by atoms with Crippen LogP contribution >= 0.6 is 0 Å². The fraction of sp³-hybridized carbons (Fsp3) is 0.500. The van der Waals surface area contributed by atoms with Crippen LogP contribution in [0, 0.1) is 23.0 Å². The highest BCUT2D eigenvalue weighted by molar-refractivity contribution is 5.83. The van der Waals surface area contributed by atoms with E-state index in [-0.39, 0.29) is 29.1 Å². The zero-order valence-corrected chi connectivity index (χ0v) is 10.5. The number of carbonyl (C=O) groups is 1. The molecule has 0 spiro atoms. The quantitative estimate of drug-likeness (QED) is 0.607. The molecule has 2 rings (SSSR count). The molecule has 18 heavy (non-hydrogen) atoms. The minimum absolute atomic E-state index is 0.153. The first kappa shape index (κ1) is 12.7. The van der Waals surface area contributed by atoms with E-state index in [4.69, 9.17) is 0 Å². The predicted octanol–water partition coefficient (Wildman–Crippen LogP) is 2.72. The summed E-state index contributed by atoms with van der Waals surface area (Å²) in [5, 5.41) is 10.8. The third kappa shape index (κ3) is 2.75. The van der Waals surface area contributed by atoms with Crippen molar-refractivity contribution in [2.24, 2.45) is 5.92 Å². The van der Waals surface area contributed by atoms with Gasteiger partial charge in [-0.15, -0.1) is 0 Å². The number of aryl methyl sites for hydroxylation is 1. The highest BCUT2D eigenvalue weighted by Gasteiger charge is 2.35. The number of hydrogen-bond donors (Lipinski definition) is 0. The molecule has 0 saturated heterocycles. The molecular weight excluding hydrogens is 230 g/mol. The molecule has 1 fully saturated rings. The van der Waals surface area contributed by atoms with Crippen molar-refractivity contribution >= 4 is 5.78 Å². The topological polar surface area (TPSA) is 60.2 Å². The molecule has 0 aliphatic heterocycles. The summed E-state index contributed by atoms with van der Waals surface area (Å²) in [6.45, 7) is 1.83. The van der Waals surface area contributed by atoms with Crippen LogP contribution in [0.15, 0.2) is 24.3 Å². The summed E-state index contributed by atoms with van der Waals surface area (Å²) in [5.41, 5.74) is 2.04. The van der Waals surface area contributed by atoms with E-state index in [2.05, 4.69) is 0 Å². The van der Waals surface area contributed by atoms with Gasteiger partial charge in [0.1, 0.15) is 5.78 Å². The van der Waals surface area contributed by atoms with Crippen molar-refractivity contribution in [1.29, 1.82) is 0 Å². The number of nitro groups is 1. The van der Waals surface area contributed by atoms with Crippen molar-refractivity contribution in [3.8, 4) is 0 Å². The maximum absolute atomic E-state index is 11.8. The van der Waals surface area contributed by atoms with Gasteiger partial charge in [-0.3, -0.25) is 14.9 Å². The lowest BCUT2D eigenvalue weighted by Gasteiger charge is -2.19. The number of nitrogens with zero attached hydrogens (tertiary/aromatic N) is 1. The molecular formula is C14H17NO3. The fourth-order valence-electron chi connectivity index (χ4n) is 2.71. The Balaban J connectivity index is 2.26. The number of hydrogen-bond acceptors (Lipinski definition) is 3. The molecule has 0 aromatic heterocycles. The zero-order chi connectivity index (χ0) is 13.1. The van der Waals surface area contributed by atoms with Gasteiger partial charge in [0, 0.05) is 17.3 Å². The molecule has 1 aromatic rings. The largest absolute Gasteiger partial charge is 0.299 e. The summed E-state index contributed by atoms with van der Waals surface area (Å²) >= 11 is 0. The average Bonchev–Trinajstić information content (AvgIpc) is 2.73. The summed E-state index contributed by atoms with van der Waals surface area (Å²) < 4.78 is 0. The molecule has 1 aliphatic rings. The predicted molar refractivity (Wildman–Crippen MR) is 68.1 cm³/mol. The molecule has 4 heteroatoms. The van der Waals surface area contributed by atoms with Gasteiger partial charge in [0.25, 0.3) is 0 Å². The molecule has 0 amide bonds. The fourth-order valence-corrected chi connectivity index (χ4v) is 2.71. The summed E-state index contributed by atoms with van der Waals surface area (Å²) in [7, 11) is 0. The van der Waals surface area contributed by atoms with Gasteiger partial charge in [0.2, 0.25) is 6.54 Å². The summed E-state index contributed by atoms with van der Waals surface area (Å²) in [4.78, 5) is 22.3. The Labute approximate surface area is 106 Å². The SMILES string of the molecule is Cc1ccc(C(C[N+](=O)[O-])C2CCCC2=O)cc1. The van der Waals surface area contributed by atoms with Crippen LogP contribution in [0.3, 0.4) is 0 Å². The number of carbonyl (C=O) groups excluding carboxylic acids is 1. The maximum Gasteiger partial charge on any atom is 0.211 e. The van der Waals surface area contributed by atoms with E-state index in [0.717, 1.165) is 24.0 Å². The van der Waals surface area contributed by atoms with E-state index in [0.29, 0.717) is 6.42 Å². The van der Waals surface area contributed by atoms with Gasteiger partial charge in [-0.1, -0.05) is 29.8 Å². The Kier molecular flexibility index (Phi) is 3.75. The Morgan fingerprint density at radius 3 is 2.56 bits per heavy atom. The van der Waals surface area contributed by atoms with Crippen LogP contribution in [0.5, 0.6) is 0 Å².